The van der Waals surface area contributed by atoms with Crippen LogP contribution in [-0.2, 0) is 4.79 Å². The van der Waals surface area contributed by atoms with Crippen LogP contribution in [0.3, 0.4) is 0 Å². The number of likely N-dealkylation sites (N-methyl/N-ethyl adjacent to an activating group) is 1. The summed E-state index contributed by atoms with van der Waals surface area (Å²) in [7, 11) is 1.89. The number of amides is 1. The van der Waals surface area contributed by atoms with Crippen LogP contribution in [0.25, 0.3) is 0 Å². The standard InChI is InChI=1S/C12H20N2O/c1-13-10-4-7-14(11(10)15)8-12(5-6-12)9-2-3-9/h9-10,13H,2-8H2,1H3. The molecule has 1 unspecified atom stereocenters. The number of carbonyl (C=O) groups is 1. The van der Waals surface area contributed by atoms with Crippen molar-refractivity contribution in [2.45, 2.75) is 38.1 Å². The van der Waals surface area contributed by atoms with E-state index in [-0.39, 0.29) is 6.04 Å². The van der Waals surface area contributed by atoms with E-state index in [2.05, 4.69) is 10.2 Å². The monoisotopic (exact) mass is 208 g/mol. The van der Waals surface area contributed by atoms with E-state index in [0.29, 0.717) is 11.3 Å². The van der Waals surface area contributed by atoms with Gasteiger partial charge in [-0.25, -0.2) is 0 Å². The predicted molar refractivity (Wildman–Crippen MR) is 58.4 cm³/mol. The maximum atomic E-state index is 11.9. The van der Waals surface area contributed by atoms with Crippen LogP contribution in [0.4, 0.5) is 0 Å². The molecule has 0 radical (unpaired) electrons. The summed E-state index contributed by atoms with van der Waals surface area (Å²) in [6.07, 6.45) is 6.56. The Kier molecular flexibility index (Phi) is 2.06. The van der Waals surface area contributed by atoms with Gasteiger partial charge in [-0.05, 0) is 50.5 Å². The lowest BCUT2D eigenvalue weighted by atomic mass is 10.0. The van der Waals surface area contributed by atoms with Crippen molar-refractivity contribution in [1.29, 1.82) is 0 Å². The van der Waals surface area contributed by atoms with Gasteiger partial charge < -0.3 is 10.2 Å². The van der Waals surface area contributed by atoms with Crippen molar-refractivity contribution < 1.29 is 4.79 Å². The molecule has 3 aliphatic rings. The van der Waals surface area contributed by atoms with E-state index in [0.717, 1.165) is 25.4 Å². The summed E-state index contributed by atoms with van der Waals surface area (Å²) in [6.45, 7) is 2.02. The Morgan fingerprint density at radius 3 is 2.60 bits per heavy atom. The highest BCUT2D eigenvalue weighted by Crippen LogP contribution is 2.61. The van der Waals surface area contributed by atoms with Crippen molar-refractivity contribution in [3.8, 4) is 0 Å². The highest BCUT2D eigenvalue weighted by atomic mass is 16.2. The number of hydrogen-bond acceptors (Lipinski definition) is 2. The molecule has 1 saturated heterocycles. The zero-order chi connectivity index (χ0) is 10.5. The van der Waals surface area contributed by atoms with E-state index in [1.165, 1.54) is 25.7 Å². The summed E-state index contributed by atoms with van der Waals surface area (Å²) in [5.74, 6) is 1.29. The molecule has 15 heavy (non-hydrogen) atoms. The van der Waals surface area contributed by atoms with Crippen molar-refractivity contribution >= 4 is 5.91 Å². The first-order valence-electron chi connectivity index (χ1n) is 6.21. The molecule has 2 saturated carbocycles. The van der Waals surface area contributed by atoms with Crippen LogP contribution in [0.15, 0.2) is 0 Å². The van der Waals surface area contributed by atoms with Crippen LogP contribution in [0, 0.1) is 11.3 Å². The zero-order valence-corrected chi connectivity index (χ0v) is 9.46. The van der Waals surface area contributed by atoms with Gasteiger partial charge in [0.15, 0.2) is 0 Å². The lowest BCUT2D eigenvalue weighted by Gasteiger charge is -2.23. The van der Waals surface area contributed by atoms with Crippen molar-refractivity contribution in [2.75, 3.05) is 20.1 Å². The van der Waals surface area contributed by atoms with Gasteiger partial charge in [-0.1, -0.05) is 0 Å². The summed E-state index contributed by atoms with van der Waals surface area (Å²) in [4.78, 5) is 14.1. The molecule has 3 rings (SSSR count). The topological polar surface area (TPSA) is 32.3 Å². The quantitative estimate of drug-likeness (QED) is 0.747. The largest absolute Gasteiger partial charge is 0.341 e. The molecule has 0 aromatic heterocycles. The molecule has 84 valence electrons. The highest BCUT2D eigenvalue weighted by Gasteiger charge is 2.55. The first kappa shape index (κ1) is 9.64. The van der Waals surface area contributed by atoms with Crippen LogP contribution in [0.5, 0.6) is 0 Å². The lowest BCUT2D eigenvalue weighted by molar-refractivity contribution is -0.130. The molecule has 3 heteroatoms. The Labute approximate surface area is 91.2 Å². The Bertz CT molecular complexity index is 281. The van der Waals surface area contributed by atoms with E-state index in [1.807, 2.05) is 7.05 Å². The molecule has 3 fully saturated rings. The van der Waals surface area contributed by atoms with Gasteiger partial charge in [0.05, 0.1) is 6.04 Å². The van der Waals surface area contributed by atoms with Gasteiger partial charge in [0.25, 0.3) is 0 Å². The molecule has 1 heterocycles. The predicted octanol–water partition coefficient (Wildman–Crippen LogP) is 0.997. The SMILES string of the molecule is CNC1CCN(CC2(C3CC3)CC2)C1=O. The number of carbonyl (C=O) groups excluding carboxylic acids is 1. The van der Waals surface area contributed by atoms with Crippen LogP contribution in [0.2, 0.25) is 0 Å². The summed E-state index contributed by atoms with van der Waals surface area (Å²) in [5, 5.41) is 3.10. The molecule has 3 nitrogen and oxygen atoms in total. The second-order valence-electron chi connectivity index (χ2n) is 5.53. The molecule has 2 aliphatic carbocycles. The Balaban J connectivity index is 1.62. The van der Waals surface area contributed by atoms with E-state index >= 15 is 0 Å². The van der Waals surface area contributed by atoms with Gasteiger partial charge in [0.1, 0.15) is 0 Å². The Morgan fingerprint density at radius 2 is 2.13 bits per heavy atom. The maximum absolute atomic E-state index is 11.9. The second-order valence-corrected chi connectivity index (χ2v) is 5.53. The van der Waals surface area contributed by atoms with Crippen molar-refractivity contribution in [1.82, 2.24) is 10.2 Å². The third-order valence-corrected chi connectivity index (χ3v) is 4.49. The van der Waals surface area contributed by atoms with Gasteiger partial charge in [-0.3, -0.25) is 4.79 Å². The zero-order valence-electron chi connectivity index (χ0n) is 9.46. The number of rotatable bonds is 4. The molecular formula is C12H20N2O. The summed E-state index contributed by atoms with van der Waals surface area (Å²) in [6, 6.07) is 0.0972. The first-order valence-corrected chi connectivity index (χ1v) is 6.21. The molecule has 1 amide bonds. The van der Waals surface area contributed by atoms with Crippen LogP contribution in [0.1, 0.15) is 32.1 Å². The molecule has 0 spiro atoms. The fraction of sp³-hybridized carbons (Fsp3) is 0.917. The minimum Gasteiger partial charge on any atom is -0.341 e. The Morgan fingerprint density at radius 1 is 1.40 bits per heavy atom. The van der Waals surface area contributed by atoms with Crippen LogP contribution < -0.4 is 5.32 Å². The average molecular weight is 208 g/mol. The van der Waals surface area contributed by atoms with E-state index in [4.69, 9.17) is 0 Å². The van der Waals surface area contributed by atoms with E-state index < -0.39 is 0 Å². The first-order chi connectivity index (χ1) is 7.25. The molecule has 0 aromatic carbocycles. The fourth-order valence-corrected chi connectivity index (χ4v) is 3.10. The third kappa shape index (κ3) is 1.57. The molecule has 1 N–H and O–H groups in total. The van der Waals surface area contributed by atoms with Gasteiger partial charge in [-0.2, -0.15) is 0 Å². The van der Waals surface area contributed by atoms with Crippen LogP contribution in [-0.4, -0.2) is 37.0 Å². The van der Waals surface area contributed by atoms with Gasteiger partial charge in [0, 0.05) is 13.1 Å². The van der Waals surface area contributed by atoms with Gasteiger partial charge in [-0.15, -0.1) is 0 Å². The third-order valence-electron chi connectivity index (χ3n) is 4.49. The second kappa shape index (κ2) is 3.21. The molecule has 1 aliphatic heterocycles. The number of hydrogen-bond donors (Lipinski definition) is 1. The molecule has 0 aromatic rings. The van der Waals surface area contributed by atoms with Gasteiger partial charge >= 0.3 is 0 Å². The minimum absolute atomic E-state index is 0.0972. The van der Waals surface area contributed by atoms with Gasteiger partial charge in [0.2, 0.25) is 5.91 Å². The summed E-state index contributed by atoms with van der Waals surface area (Å²) in [5.41, 5.74) is 0.568. The Hall–Kier alpha value is -0.570. The minimum atomic E-state index is 0.0972. The molecule has 1 atom stereocenters. The fourth-order valence-electron chi connectivity index (χ4n) is 3.10. The smallest absolute Gasteiger partial charge is 0.239 e. The summed E-state index contributed by atoms with van der Waals surface area (Å²) >= 11 is 0. The normalized spacial score (nSPS) is 33.5. The average Bonchev–Trinajstić information content (AvgIpc) is 3.10. The van der Waals surface area contributed by atoms with Crippen molar-refractivity contribution in [3.63, 3.8) is 0 Å². The number of likely N-dealkylation sites (tertiary alicyclic amines) is 1. The van der Waals surface area contributed by atoms with Crippen molar-refractivity contribution in [3.05, 3.63) is 0 Å². The van der Waals surface area contributed by atoms with E-state index in [9.17, 15) is 4.79 Å². The van der Waals surface area contributed by atoms with E-state index in [1.54, 1.807) is 0 Å². The highest BCUT2D eigenvalue weighted by molar-refractivity contribution is 5.84. The lowest BCUT2D eigenvalue weighted by Crippen LogP contribution is -2.39. The molecule has 0 bridgehead atoms. The number of nitrogens with zero attached hydrogens (tertiary/aromatic N) is 1. The number of nitrogens with one attached hydrogen (secondary N) is 1. The summed E-state index contributed by atoms with van der Waals surface area (Å²) < 4.78 is 0. The van der Waals surface area contributed by atoms with Crippen LogP contribution >= 0.6 is 0 Å². The van der Waals surface area contributed by atoms with Crippen molar-refractivity contribution in [2.24, 2.45) is 11.3 Å². The molecular weight excluding hydrogens is 188 g/mol. The maximum Gasteiger partial charge on any atom is 0.239 e.